The van der Waals surface area contributed by atoms with Gasteiger partial charge in [-0.2, -0.15) is 28.1 Å². The summed E-state index contributed by atoms with van der Waals surface area (Å²) in [5, 5.41) is 17.2. The molecule has 14 heteroatoms. The van der Waals surface area contributed by atoms with Gasteiger partial charge in [-0.05, 0) is 48.9 Å². The third-order valence-electron chi connectivity index (χ3n) is 5.70. The van der Waals surface area contributed by atoms with Gasteiger partial charge in [0.15, 0.2) is 11.5 Å². The van der Waals surface area contributed by atoms with E-state index in [4.69, 9.17) is 15.3 Å². The molecule has 192 valence electrons. The highest BCUT2D eigenvalue weighted by atomic mass is 19.4. The molecule has 0 unspecified atom stereocenters. The normalized spacial score (nSPS) is 14.9. The van der Waals surface area contributed by atoms with Gasteiger partial charge in [-0.25, -0.2) is 4.79 Å². The molecule has 2 aromatic heterocycles. The number of halogens is 3. The molecular formula is C23H21F3N8O3. The zero-order valence-electron chi connectivity index (χ0n) is 19.4. The van der Waals surface area contributed by atoms with Crippen molar-refractivity contribution >= 4 is 40.0 Å². The van der Waals surface area contributed by atoms with Crippen LogP contribution in [0.25, 0.3) is 16.6 Å². The molecule has 2 aromatic carbocycles. The Labute approximate surface area is 207 Å². The van der Waals surface area contributed by atoms with Crippen LogP contribution in [0.2, 0.25) is 0 Å². The van der Waals surface area contributed by atoms with Gasteiger partial charge in [0.25, 0.3) is 0 Å². The van der Waals surface area contributed by atoms with Crippen LogP contribution in [0.3, 0.4) is 0 Å². The van der Waals surface area contributed by atoms with Crippen molar-refractivity contribution in [1.29, 1.82) is 0 Å². The third-order valence-corrected chi connectivity index (χ3v) is 5.70. The lowest BCUT2D eigenvalue weighted by molar-refractivity contribution is -0.141. The molecule has 11 nitrogen and oxygen atoms in total. The molecule has 3 heterocycles. The van der Waals surface area contributed by atoms with Gasteiger partial charge in [-0.3, -0.25) is 10.4 Å². The number of H-pyrrole nitrogens is 1. The SMILES string of the molecule is CON=C1CCCN1c1ccc(NC(=O)Oc2cc(C(F)(F)F)nn2-c2ccc3[nH]nc(N)c3c2)cc1. The van der Waals surface area contributed by atoms with E-state index in [-0.39, 0.29) is 11.5 Å². The van der Waals surface area contributed by atoms with Gasteiger partial charge in [-0.15, -0.1) is 0 Å². The number of amides is 1. The van der Waals surface area contributed by atoms with Gasteiger partial charge < -0.3 is 20.2 Å². The Hall–Kier alpha value is -4.75. The number of anilines is 3. The summed E-state index contributed by atoms with van der Waals surface area (Å²) < 4.78 is 46.3. The van der Waals surface area contributed by atoms with Gasteiger partial charge in [0.2, 0.25) is 5.88 Å². The predicted octanol–water partition coefficient (Wildman–Crippen LogP) is 4.52. The number of rotatable bonds is 5. The Morgan fingerprint density at radius 3 is 2.65 bits per heavy atom. The fourth-order valence-corrected chi connectivity index (χ4v) is 4.02. The second-order valence-corrected chi connectivity index (χ2v) is 8.12. The molecule has 1 fully saturated rings. The number of ether oxygens (including phenoxy) is 1. The Kier molecular flexibility index (Phi) is 6.07. The minimum atomic E-state index is -4.75. The lowest BCUT2D eigenvalue weighted by Gasteiger charge is -2.18. The molecule has 4 N–H and O–H groups in total. The number of nitrogens with one attached hydrogen (secondary N) is 2. The summed E-state index contributed by atoms with van der Waals surface area (Å²) in [5.74, 6) is 0.533. The Morgan fingerprint density at radius 2 is 1.92 bits per heavy atom. The average Bonchev–Trinajstić information content (AvgIpc) is 3.59. The summed E-state index contributed by atoms with van der Waals surface area (Å²) >= 11 is 0. The van der Waals surface area contributed by atoms with Crippen molar-refractivity contribution in [1.82, 2.24) is 20.0 Å². The number of hydrogen-bond acceptors (Lipinski definition) is 7. The molecule has 0 aliphatic carbocycles. The molecule has 0 atom stereocenters. The predicted molar refractivity (Wildman–Crippen MR) is 130 cm³/mol. The van der Waals surface area contributed by atoms with Crippen molar-refractivity contribution in [3.63, 3.8) is 0 Å². The highest BCUT2D eigenvalue weighted by Gasteiger charge is 2.36. The third kappa shape index (κ3) is 4.85. The number of aromatic amines is 1. The lowest BCUT2D eigenvalue weighted by Crippen LogP contribution is -2.24. The first-order valence-corrected chi connectivity index (χ1v) is 11.1. The Morgan fingerprint density at radius 1 is 1.16 bits per heavy atom. The monoisotopic (exact) mass is 514 g/mol. The molecule has 1 aliphatic heterocycles. The van der Waals surface area contributed by atoms with Crippen LogP contribution in [0.1, 0.15) is 18.5 Å². The van der Waals surface area contributed by atoms with E-state index in [0.717, 1.165) is 35.6 Å². The van der Waals surface area contributed by atoms with Crippen LogP contribution in [0.15, 0.2) is 53.7 Å². The van der Waals surface area contributed by atoms with Gasteiger partial charge >= 0.3 is 12.3 Å². The number of nitrogens with zero attached hydrogens (tertiary/aromatic N) is 5. The van der Waals surface area contributed by atoms with Gasteiger partial charge in [-0.1, -0.05) is 5.16 Å². The second kappa shape index (κ2) is 9.37. The Bertz CT molecular complexity index is 1480. The van der Waals surface area contributed by atoms with Crippen LogP contribution < -0.4 is 20.7 Å². The largest absolute Gasteiger partial charge is 0.435 e. The van der Waals surface area contributed by atoms with Crippen molar-refractivity contribution in [2.24, 2.45) is 5.16 Å². The molecule has 5 rings (SSSR count). The minimum absolute atomic E-state index is 0.165. The molecule has 0 bridgehead atoms. The maximum atomic E-state index is 13.4. The summed E-state index contributed by atoms with van der Waals surface area (Å²) in [6, 6.07) is 12.1. The number of carbonyl (C=O) groups is 1. The van der Waals surface area contributed by atoms with Crippen LogP contribution >= 0.6 is 0 Å². The van der Waals surface area contributed by atoms with E-state index < -0.39 is 23.8 Å². The van der Waals surface area contributed by atoms with Gasteiger partial charge in [0, 0.05) is 35.8 Å². The summed E-state index contributed by atoms with van der Waals surface area (Å²) in [7, 11) is 1.48. The number of benzene rings is 2. The van der Waals surface area contributed by atoms with E-state index in [2.05, 4.69) is 25.8 Å². The molecule has 1 amide bonds. The van der Waals surface area contributed by atoms with Crippen molar-refractivity contribution in [3.05, 3.63) is 54.2 Å². The number of carbonyl (C=O) groups excluding carboxylic acids is 1. The van der Waals surface area contributed by atoms with Crippen molar-refractivity contribution in [2.75, 3.05) is 29.6 Å². The summed E-state index contributed by atoms with van der Waals surface area (Å²) in [6.45, 7) is 0.777. The molecule has 0 spiro atoms. The maximum absolute atomic E-state index is 13.4. The van der Waals surface area contributed by atoms with Crippen LogP contribution in [0, 0.1) is 0 Å². The number of hydrogen-bond donors (Lipinski definition) is 3. The first-order valence-electron chi connectivity index (χ1n) is 11.1. The zero-order valence-corrected chi connectivity index (χ0v) is 19.4. The Balaban J connectivity index is 1.36. The molecule has 1 saturated heterocycles. The number of fused-ring (bicyclic) bond motifs is 1. The second-order valence-electron chi connectivity index (χ2n) is 8.12. The van der Waals surface area contributed by atoms with E-state index in [9.17, 15) is 18.0 Å². The van der Waals surface area contributed by atoms with Crippen molar-refractivity contribution in [3.8, 4) is 11.6 Å². The van der Waals surface area contributed by atoms with E-state index in [1.807, 2.05) is 4.90 Å². The van der Waals surface area contributed by atoms with Gasteiger partial charge in [0.05, 0.1) is 11.2 Å². The van der Waals surface area contributed by atoms with E-state index in [0.29, 0.717) is 22.7 Å². The highest BCUT2D eigenvalue weighted by molar-refractivity contribution is 5.99. The van der Waals surface area contributed by atoms with Gasteiger partial charge in [0.1, 0.15) is 12.9 Å². The molecule has 1 aliphatic rings. The average molecular weight is 514 g/mol. The van der Waals surface area contributed by atoms with Crippen molar-refractivity contribution in [2.45, 2.75) is 19.0 Å². The lowest BCUT2D eigenvalue weighted by atomic mass is 10.2. The highest BCUT2D eigenvalue weighted by Crippen LogP contribution is 2.33. The minimum Gasteiger partial charge on any atom is -0.398 e. The number of nitrogens with two attached hydrogens (primary N) is 1. The molecule has 37 heavy (non-hydrogen) atoms. The zero-order chi connectivity index (χ0) is 26.2. The van der Waals surface area contributed by atoms with Crippen LogP contribution in [-0.2, 0) is 11.0 Å². The van der Waals surface area contributed by atoms with Crippen molar-refractivity contribution < 1.29 is 27.5 Å². The van der Waals surface area contributed by atoms with Crippen LogP contribution in [0.5, 0.6) is 5.88 Å². The van der Waals surface area contributed by atoms with Crippen LogP contribution in [0.4, 0.5) is 35.2 Å². The first kappa shape index (κ1) is 24.0. The number of oxime groups is 1. The standard InChI is InChI=1S/C23H21F3N8O3/c1-36-32-19-3-2-10-33(19)14-6-4-13(5-7-14)28-22(35)37-20-12-18(23(24,25)26)31-34(20)15-8-9-17-16(11-15)21(27)30-29-17/h4-9,11-12H,2-3,10H2,1H3,(H,28,35)(H3,27,29,30). The smallest absolute Gasteiger partial charge is 0.398 e. The quantitative estimate of drug-likeness (QED) is 0.333. The molecule has 0 radical (unpaired) electrons. The molecule has 4 aromatic rings. The maximum Gasteiger partial charge on any atom is 0.435 e. The number of nitrogen functional groups attached to an aromatic ring is 1. The number of aromatic nitrogens is 4. The summed E-state index contributed by atoms with van der Waals surface area (Å²) in [5.41, 5.74) is 6.61. The number of alkyl halides is 3. The molecule has 0 saturated carbocycles. The summed E-state index contributed by atoms with van der Waals surface area (Å²) in [4.78, 5) is 19.5. The first-order chi connectivity index (χ1) is 17.7. The van der Waals surface area contributed by atoms with E-state index in [1.54, 1.807) is 30.3 Å². The summed E-state index contributed by atoms with van der Waals surface area (Å²) in [6.07, 6.45) is -4.03. The van der Waals surface area contributed by atoms with E-state index in [1.165, 1.54) is 19.2 Å². The molecular weight excluding hydrogens is 493 g/mol. The topological polar surface area (TPSA) is 136 Å². The van der Waals surface area contributed by atoms with Crippen LogP contribution in [-0.4, -0.2) is 45.6 Å². The number of amidine groups is 1. The fourth-order valence-electron chi connectivity index (χ4n) is 4.02. The fraction of sp³-hybridized carbons (Fsp3) is 0.217. The van der Waals surface area contributed by atoms with E-state index >= 15 is 0 Å².